The topological polar surface area (TPSA) is 43.1 Å². The van der Waals surface area contributed by atoms with Crippen LogP contribution in [0.25, 0.3) is 28.2 Å². The van der Waals surface area contributed by atoms with E-state index in [1.54, 1.807) is 0 Å². The zero-order valence-electron chi connectivity index (χ0n) is 16.8. The number of hydrogen-bond donors (Lipinski definition) is 0. The van der Waals surface area contributed by atoms with Gasteiger partial charge in [-0.1, -0.05) is 92.9 Å². The van der Waals surface area contributed by atoms with Gasteiger partial charge in [0.15, 0.2) is 5.76 Å². The second kappa shape index (κ2) is 9.04. The molecular weight excluding hydrogens is 358 g/mol. The molecule has 0 atom stereocenters. The Kier molecular flexibility index (Phi) is 6.04. The molecule has 0 saturated heterocycles. The summed E-state index contributed by atoms with van der Waals surface area (Å²) in [6.45, 7) is 4.10. The molecule has 4 rings (SSSR count). The number of benzene rings is 2. The monoisotopic (exact) mass is 385 g/mol. The molecule has 1 fully saturated rings. The van der Waals surface area contributed by atoms with Gasteiger partial charge in [-0.15, -0.1) is 0 Å². The first kappa shape index (κ1) is 19.4. The number of Topliss-reactive ketones (excluding diaryl/α,β-unsaturated/α-hetero) is 1. The Morgan fingerprint density at radius 3 is 2.28 bits per heavy atom. The van der Waals surface area contributed by atoms with Gasteiger partial charge in [-0.05, 0) is 12.3 Å². The number of ketones is 1. The maximum Gasteiger partial charge on any atom is 0.223 e. The van der Waals surface area contributed by atoms with Gasteiger partial charge in [0.2, 0.25) is 5.89 Å². The van der Waals surface area contributed by atoms with Crippen molar-refractivity contribution in [3.05, 3.63) is 73.1 Å². The molecule has 0 amide bonds. The zero-order chi connectivity index (χ0) is 20.1. The molecule has 29 heavy (non-hydrogen) atoms. The fourth-order valence-electron chi connectivity index (χ4n) is 3.82. The van der Waals surface area contributed by atoms with Gasteiger partial charge in [0.25, 0.3) is 0 Å². The standard InChI is InChI=1S/C26H27NO2/c1-19(18-23(28)17-9-12-20-10-8-11-20)26-27-24(21-13-4-2-5-14-21)25(29-26)22-15-6-3-7-16-22/h2-7,13-16,20H,1,8-12,17-18H2. The van der Waals surface area contributed by atoms with Crippen LogP contribution in [0.2, 0.25) is 0 Å². The fraction of sp³-hybridized carbons (Fsp3) is 0.308. The van der Waals surface area contributed by atoms with Crippen LogP contribution < -0.4 is 0 Å². The zero-order valence-corrected chi connectivity index (χ0v) is 16.8. The first-order valence-electron chi connectivity index (χ1n) is 10.5. The number of rotatable bonds is 9. The fourth-order valence-corrected chi connectivity index (χ4v) is 3.82. The molecule has 1 saturated carbocycles. The maximum absolute atomic E-state index is 12.4. The highest BCUT2D eigenvalue weighted by molar-refractivity contribution is 5.89. The van der Waals surface area contributed by atoms with E-state index < -0.39 is 0 Å². The minimum atomic E-state index is 0.218. The number of allylic oxidation sites excluding steroid dienone is 1. The smallest absolute Gasteiger partial charge is 0.223 e. The average molecular weight is 386 g/mol. The molecule has 1 aliphatic carbocycles. The summed E-state index contributed by atoms with van der Waals surface area (Å²) >= 11 is 0. The third-order valence-electron chi connectivity index (χ3n) is 5.72. The molecule has 0 aliphatic heterocycles. The highest BCUT2D eigenvalue weighted by Gasteiger charge is 2.20. The third kappa shape index (κ3) is 4.73. The minimum Gasteiger partial charge on any atom is -0.436 e. The Hall–Kier alpha value is -2.94. The molecule has 0 spiro atoms. The quantitative estimate of drug-likeness (QED) is 0.400. The predicted octanol–water partition coefficient (Wildman–Crippen LogP) is 6.95. The summed E-state index contributed by atoms with van der Waals surface area (Å²) in [6, 6.07) is 19.9. The lowest BCUT2D eigenvalue weighted by Gasteiger charge is -2.24. The second-order valence-corrected chi connectivity index (χ2v) is 7.94. The van der Waals surface area contributed by atoms with Gasteiger partial charge in [-0.25, -0.2) is 4.98 Å². The second-order valence-electron chi connectivity index (χ2n) is 7.94. The molecule has 0 N–H and O–H groups in total. The van der Waals surface area contributed by atoms with Crippen molar-refractivity contribution in [1.82, 2.24) is 4.98 Å². The van der Waals surface area contributed by atoms with Crippen LogP contribution in [0.5, 0.6) is 0 Å². The lowest BCUT2D eigenvalue weighted by molar-refractivity contribution is -0.118. The molecule has 1 heterocycles. The van der Waals surface area contributed by atoms with E-state index >= 15 is 0 Å². The molecule has 3 aromatic rings. The molecule has 1 aliphatic rings. The highest BCUT2D eigenvalue weighted by atomic mass is 16.4. The van der Waals surface area contributed by atoms with Gasteiger partial charge in [-0.3, -0.25) is 4.79 Å². The van der Waals surface area contributed by atoms with E-state index in [-0.39, 0.29) is 5.78 Å². The Morgan fingerprint density at radius 2 is 1.66 bits per heavy atom. The molecule has 0 unspecified atom stereocenters. The van der Waals surface area contributed by atoms with Crippen LogP contribution in [0.1, 0.15) is 50.8 Å². The van der Waals surface area contributed by atoms with Crippen LogP contribution in [0, 0.1) is 5.92 Å². The van der Waals surface area contributed by atoms with Gasteiger partial charge in [0.05, 0.1) is 0 Å². The highest BCUT2D eigenvalue weighted by Crippen LogP contribution is 2.35. The molecule has 148 valence electrons. The summed E-state index contributed by atoms with van der Waals surface area (Å²) in [5, 5.41) is 0. The summed E-state index contributed by atoms with van der Waals surface area (Å²) in [7, 11) is 0. The Labute approximate surface area is 172 Å². The van der Waals surface area contributed by atoms with Gasteiger partial charge >= 0.3 is 0 Å². The molecular formula is C26H27NO2. The number of oxazole rings is 1. The van der Waals surface area contributed by atoms with Gasteiger partial charge in [0, 0.05) is 29.5 Å². The normalized spacial score (nSPS) is 13.8. The lowest BCUT2D eigenvalue weighted by atomic mass is 9.81. The van der Waals surface area contributed by atoms with E-state index in [1.165, 1.54) is 25.7 Å². The van der Waals surface area contributed by atoms with Crippen molar-refractivity contribution in [2.45, 2.75) is 44.9 Å². The molecule has 3 nitrogen and oxygen atoms in total. The summed E-state index contributed by atoms with van der Waals surface area (Å²) in [6.07, 6.45) is 7.10. The number of carbonyl (C=O) groups excluding carboxylic acids is 1. The summed E-state index contributed by atoms with van der Waals surface area (Å²) in [5.41, 5.74) is 3.38. The van der Waals surface area contributed by atoms with E-state index in [4.69, 9.17) is 9.40 Å². The van der Waals surface area contributed by atoms with E-state index in [2.05, 4.69) is 6.58 Å². The van der Waals surface area contributed by atoms with Crippen molar-refractivity contribution >= 4 is 11.4 Å². The number of carbonyl (C=O) groups is 1. The number of aromatic nitrogens is 1. The van der Waals surface area contributed by atoms with Crippen molar-refractivity contribution < 1.29 is 9.21 Å². The van der Waals surface area contributed by atoms with Crippen LogP contribution in [0.3, 0.4) is 0 Å². The van der Waals surface area contributed by atoms with E-state index in [0.717, 1.165) is 29.2 Å². The van der Waals surface area contributed by atoms with Crippen LogP contribution in [0.15, 0.2) is 71.7 Å². The van der Waals surface area contributed by atoms with Gasteiger partial charge in [-0.2, -0.15) is 0 Å². The van der Waals surface area contributed by atoms with Crippen LogP contribution in [-0.2, 0) is 4.79 Å². The maximum atomic E-state index is 12.4. The first-order chi connectivity index (χ1) is 14.2. The Morgan fingerprint density at radius 1 is 1.00 bits per heavy atom. The number of nitrogens with zero attached hydrogens (tertiary/aromatic N) is 1. The summed E-state index contributed by atoms with van der Waals surface area (Å²) in [4.78, 5) is 17.1. The first-order valence-corrected chi connectivity index (χ1v) is 10.5. The minimum absolute atomic E-state index is 0.218. The molecule has 0 radical (unpaired) electrons. The average Bonchev–Trinajstić information content (AvgIpc) is 3.17. The molecule has 3 heteroatoms. The van der Waals surface area contributed by atoms with Crippen LogP contribution in [0.4, 0.5) is 0 Å². The van der Waals surface area contributed by atoms with Crippen molar-refractivity contribution in [3.63, 3.8) is 0 Å². The van der Waals surface area contributed by atoms with Crippen molar-refractivity contribution in [2.75, 3.05) is 0 Å². The largest absolute Gasteiger partial charge is 0.436 e. The molecule has 0 bridgehead atoms. The Balaban J connectivity index is 1.50. The van der Waals surface area contributed by atoms with Crippen molar-refractivity contribution in [3.8, 4) is 22.6 Å². The van der Waals surface area contributed by atoms with E-state index in [0.29, 0.717) is 30.1 Å². The predicted molar refractivity (Wildman–Crippen MR) is 117 cm³/mol. The van der Waals surface area contributed by atoms with E-state index in [9.17, 15) is 4.79 Å². The van der Waals surface area contributed by atoms with Gasteiger partial charge in [0.1, 0.15) is 11.5 Å². The number of hydrogen-bond acceptors (Lipinski definition) is 3. The Bertz CT molecular complexity index is 911. The third-order valence-corrected chi connectivity index (χ3v) is 5.72. The van der Waals surface area contributed by atoms with Crippen molar-refractivity contribution in [2.24, 2.45) is 5.92 Å². The van der Waals surface area contributed by atoms with E-state index in [1.807, 2.05) is 60.7 Å². The van der Waals surface area contributed by atoms with Crippen LogP contribution >= 0.6 is 0 Å². The molecule has 1 aromatic heterocycles. The van der Waals surface area contributed by atoms with Crippen LogP contribution in [-0.4, -0.2) is 10.8 Å². The molecule has 2 aromatic carbocycles. The summed E-state index contributed by atoms with van der Waals surface area (Å²) in [5.74, 6) is 2.23. The summed E-state index contributed by atoms with van der Waals surface area (Å²) < 4.78 is 6.12. The SMILES string of the molecule is C=C(CC(=O)CCCC1CCC1)c1nc(-c2ccccc2)c(-c2ccccc2)o1. The van der Waals surface area contributed by atoms with Gasteiger partial charge < -0.3 is 4.42 Å². The van der Waals surface area contributed by atoms with Crippen molar-refractivity contribution in [1.29, 1.82) is 0 Å². The lowest BCUT2D eigenvalue weighted by Crippen LogP contribution is -2.11.